The first-order valence-electron chi connectivity index (χ1n) is 5.80. The fraction of sp³-hybridized carbons (Fsp3) is 0.333. The lowest BCUT2D eigenvalue weighted by Gasteiger charge is -2.00. The summed E-state index contributed by atoms with van der Waals surface area (Å²) in [5, 5.41) is 14.3. The standard InChI is InChI=1S/C12H12N4O2/c1-7-6-11(16-18-7)13-12(17)10-5-4-9(14-15-10)8-2-3-8/h4-6,8H,2-3H2,1H3,(H,13,16,17). The number of carbonyl (C=O) groups is 1. The monoisotopic (exact) mass is 244 g/mol. The van der Waals surface area contributed by atoms with Gasteiger partial charge in [0.1, 0.15) is 5.76 Å². The Morgan fingerprint density at radius 3 is 2.78 bits per heavy atom. The average Bonchev–Trinajstić information content (AvgIpc) is 3.14. The van der Waals surface area contributed by atoms with Gasteiger partial charge in [-0.15, -0.1) is 5.10 Å². The second-order valence-corrected chi connectivity index (χ2v) is 4.39. The van der Waals surface area contributed by atoms with Gasteiger partial charge in [-0.2, -0.15) is 5.10 Å². The molecule has 2 heterocycles. The summed E-state index contributed by atoms with van der Waals surface area (Å²) in [6.45, 7) is 1.76. The van der Waals surface area contributed by atoms with Crippen LogP contribution in [0.5, 0.6) is 0 Å². The van der Waals surface area contributed by atoms with Crippen LogP contribution in [-0.2, 0) is 0 Å². The summed E-state index contributed by atoms with van der Waals surface area (Å²) in [6, 6.07) is 5.18. The van der Waals surface area contributed by atoms with Crippen molar-refractivity contribution in [3.05, 3.63) is 35.3 Å². The number of nitrogens with zero attached hydrogens (tertiary/aromatic N) is 3. The van der Waals surface area contributed by atoms with Crippen molar-refractivity contribution in [1.82, 2.24) is 15.4 Å². The number of carbonyl (C=O) groups excluding carboxylic acids is 1. The molecule has 0 radical (unpaired) electrons. The third-order valence-corrected chi connectivity index (χ3v) is 2.78. The molecule has 1 N–H and O–H groups in total. The van der Waals surface area contributed by atoms with Gasteiger partial charge in [0.25, 0.3) is 5.91 Å². The number of aromatic nitrogens is 3. The SMILES string of the molecule is Cc1cc(NC(=O)c2ccc(C3CC3)nn2)no1. The third kappa shape index (κ3) is 2.22. The van der Waals surface area contributed by atoms with Gasteiger partial charge >= 0.3 is 0 Å². The van der Waals surface area contributed by atoms with Crippen LogP contribution < -0.4 is 5.32 Å². The normalized spacial score (nSPS) is 14.5. The first-order valence-corrected chi connectivity index (χ1v) is 5.80. The number of rotatable bonds is 3. The van der Waals surface area contributed by atoms with E-state index < -0.39 is 0 Å². The van der Waals surface area contributed by atoms with E-state index in [0.29, 0.717) is 17.5 Å². The van der Waals surface area contributed by atoms with Gasteiger partial charge in [-0.1, -0.05) is 5.16 Å². The van der Waals surface area contributed by atoms with Crippen molar-refractivity contribution >= 4 is 11.7 Å². The van der Waals surface area contributed by atoms with Gasteiger partial charge in [0.15, 0.2) is 11.5 Å². The van der Waals surface area contributed by atoms with Crippen molar-refractivity contribution in [2.24, 2.45) is 0 Å². The molecule has 0 atom stereocenters. The summed E-state index contributed by atoms with van der Waals surface area (Å²) in [7, 11) is 0. The zero-order chi connectivity index (χ0) is 12.5. The predicted molar refractivity (Wildman–Crippen MR) is 63.2 cm³/mol. The molecule has 6 heteroatoms. The molecule has 6 nitrogen and oxygen atoms in total. The first-order chi connectivity index (χ1) is 8.72. The number of aryl methyl sites for hydroxylation is 1. The molecule has 1 amide bonds. The van der Waals surface area contributed by atoms with E-state index >= 15 is 0 Å². The molecule has 1 aliphatic carbocycles. The quantitative estimate of drug-likeness (QED) is 0.891. The molecule has 2 aromatic heterocycles. The van der Waals surface area contributed by atoms with Crippen molar-refractivity contribution in [2.45, 2.75) is 25.7 Å². The Hall–Kier alpha value is -2.24. The maximum absolute atomic E-state index is 11.8. The number of anilines is 1. The molecule has 0 spiro atoms. The first kappa shape index (κ1) is 10.9. The fourth-order valence-corrected chi connectivity index (χ4v) is 1.67. The molecule has 18 heavy (non-hydrogen) atoms. The van der Waals surface area contributed by atoms with Gasteiger partial charge in [0.2, 0.25) is 0 Å². The van der Waals surface area contributed by atoms with E-state index in [1.54, 1.807) is 19.1 Å². The lowest BCUT2D eigenvalue weighted by atomic mass is 10.2. The summed E-state index contributed by atoms with van der Waals surface area (Å²) in [4.78, 5) is 11.8. The zero-order valence-electron chi connectivity index (χ0n) is 9.88. The smallest absolute Gasteiger partial charge is 0.277 e. The summed E-state index contributed by atoms with van der Waals surface area (Å²) < 4.78 is 4.86. The molecule has 1 fully saturated rings. The summed E-state index contributed by atoms with van der Waals surface area (Å²) in [5.41, 5.74) is 1.24. The molecule has 1 aliphatic rings. The molecule has 92 valence electrons. The van der Waals surface area contributed by atoms with E-state index in [1.807, 2.05) is 6.07 Å². The molecule has 2 aromatic rings. The van der Waals surface area contributed by atoms with Crippen molar-refractivity contribution in [1.29, 1.82) is 0 Å². The van der Waals surface area contributed by atoms with Crippen LogP contribution >= 0.6 is 0 Å². The van der Waals surface area contributed by atoms with E-state index in [-0.39, 0.29) is 11.6 Å². The minimum absolute atomic E-state index is 0.278. The molecular formula is C12H12N4O2. The molecule has 3 rings (SSSR count). The molecule has 0 bridgehead atoms. The highest BCUT2D eigenvalue weighted by Gasteiger charge is 2.25. The van der Waals surface area contributed by atoms with E-state index in [2.05, 4.69) is 20.7 Å². The minimum atomic E-state index is -0.335. The molecule has 0 saturated heterocycles. The van der Waals surface area contributed by atoms with Crippen LogP contribution in [0.15, 0.2) is 22.7 Å². The Morgan fingerprint density at radius 1 is 1.39 bits per heavy atom. The van der Waals surface area contributed by atoms with Crippen LogP contribution in [0, 0.1) is 6.92 Å². The van der Waals surface area contributed by atoms with E-state index in [9.17, 15) is 4.79 Å². The fourth-order valence-electron chi connectivity index (χ4n) is 1.67. The highest BCUT2D eigenvalue weighted by Crippen LogP contribution is 2.38. The van der Waals surface area contributed by atoms with Crippen molar-refractivity contribution in [3.8, 4) is 0 Å². The summed E-state index contributed by atoms with van der Waals surface area (Å²) in [6.07, 6.45) is 2.33. The van der Waals surface area contributed by atoms with Gasteiger partial charge in [-0.3, -0.25) is 4.79 Å². The average molecular weight is 244 g/mol. The Morgan fingerprint density at radius 2 is 2.22 bits per heavy atom. The second kappa shape index (κ2) is 4.21. The Kier molecular flexibility index (Phi) is 2.55. The number of hydrogen-bond donors (Lipinski definition) is 1. The minimum Gasteiger partial charge on any atom is -0.360 e. The molecule has 0 aromatic carbocycles. The highest BCUT2D eigenvalue weighted by atomic mass is 16.5. The van der Waals surface area contributed by atoms with E-state index in [1.165, 1.54) is 12.8 Å². The number of nitrogens with one attached hydrogen (secondary N) is 1. The van der Waals surface area contributed by atoms with Crippen LogP contribution in [-0.4, -0.2) is 21.3 Å². The Balaban J connectivity index is 1.71. The molecule has 0 unspecified atom stereocenters. The van der Waals surface area contributed by atoms with Crippen LogP contribution in [0.1, 0.15) is 40.7 Å². The van der Waals surface area contributed by atoms with Crippen molar-refractivity contribution in [3.63, 3.8) is 0 Å². The molecule has 0 aliphatic heterocycles. The highest BCUT2D eigenvalue weighted by molar-refractivity contribution is 6.02. The van der Waals surface area contributed by atoms with Crippen LogP contribution in [0.4, 0.5) is 5.82 Å². The maximum Gasteiger partial charge on any atom is 0.277 e. The van der Waals surface area contributed by atoms with Crippen molar-refractivity contribution in [2.75, 3.05) is 5.32 Å². The van der Waals surface area contributed by atoms with Crippen molar-refractivity contribution < 1.29 is 9.32 Å². The third-order valence-electron chi connectivity index (χ3n) is 2.78. The number of amides is 1. The summed E-state index contributed by atoms with van der Waals surface area (Å²) >= 11 is 0. The molecular weight excluding hydrogens is 232 g/mol. The van der Waals surface area contributed by atoms with Gasteiger partial charge in [0, 0.05) is 12.0 Å². The predicted octanol–water partition coefficient (Wildman–Crippen LogP) is 1.90. The topological polar surface area (TPSA) is 80.9 Å². The lowest BCUT2D eigenvalue weighted by molar-refractivity contribution is 0.102. The van der Waals surface area contributed by atoms with Crippen LogP contribution in [0.2, 0.25) is 0 Å². The Bertz CT molecular complexity index is 572. The van der Waals surface area contributed by atoms with E-state index in [4.69, 9.17) is 4.52 Å². The maximum atomic E-state index is 11.8. The number of hydrogen-bond acceptors (Lipinski definition) is 5. The van der Waals surface area contributed by atoms with Gasteiger partial charge in [-0.25, -0.2) is 0 Å². The van der Waals surface area contributed by atoms with Crippen LogP contribution in [0.3, 0.4) is 0 Å². The largest absolute Gasteiger partial charge is 0.360 e. The zero-order valence-corrected chi connectivity index (χ0v) is 9.88. The van der Waals surface area contributed by atoms with Gasteiger partial charge < -0.3 is 9.84 Å². The molecule has 1 saturated carbocycles. The van der Waals surface area contributed by atoms with E-state index in [0.717, 1.165) is 5.69 Å². The van der Waals surface area contributed by atoms with Gasteiger partial charge in [0.05, 0.1) is 5.69 Å². The lowest BCUT2D eigenvalue weighted by Crippen LogP contribution is -2.14. The van der Waals surface area contributed by atoms with Crippen LogP contribution in [0.25, 0.3) is 0 Å². The second-order valence-electron chi connectivity index (χ2n) is 4.39. The summed E-state index contributed by atoms with van der Waals surface area (Å²) in [5.74, 6) is 1.22. The Labute approximate surface area is 103 Å². The van der Waals surface area contributed by atoms with Gasteiger partial charge in [-0.05, 0) is 31.9 Å².